The summed E-state index contributed by atoms with van der Waals surface area (Å²) >= 11 is 0. The number of nitrogens with zero attached hydrogens (tertiary/aromatic N) is 1. The van der Waals surface area contributed by atoms with E-state index in [0.29, 0.717) is 0 Å². The molecule has 1 fully saturated rings. The number of rotatable bonds is 2. The van der Waals surface area contributed by atoms with E-state index in [1.807, 2.05) is 0 Å². The van der Waals surface area contributed by atoms with E-state index in [2.05, 4.69) is 0 Å². The van der Waals surface area contributed by atoms with Gasteiger partial charge in [-0.1, -0.05) is 0 Å². The molecule has 1 aromatic carbocycles. The second-order valence-electron chi connectivity index (χ2n) is 4.14. The maximum atomic E-state index is 13.5. The van der Waals surface area contributed by atoms with E-state index >= 15 is 0 Å². The van der Waals surface area contributed by atoms with Crippen LogP contribution in [-0.2, 0) is 5.54 Å². The molecule has 1 aromatic rings. The molecule has 1 aliphatic carbocycles. The first-order chi connectivity index (χ1) is 7.42. The average Bonchev–Trinajstić information content (AvgIpc) is 2.15. The van der Waals surface area contributed by atoms with Gasteiger partial charge in [0.05, 0.1) is 11.0 Å². The van der Waals surface area contributed by atoms with Gasteiger partial charge in [-0.2, -0.15) is 0 Å². The van der Waals surface area contributed by atoms with Crippen molar-refractivity contribution in [1.29, 1.82) is 0 Å². The Labute approximate surface area is 90.8 Å². The number of nitrogens with two attached hydrogens (primary N) is 1. The number of aliphatic hydroxyl groups is 1. The van der Waals surface area contributed by atoms with Crippen LogP contribution in [0.1, 0.15) is 18.4 Å². The fraction of sp³-hybridized carbons (Fsp3) is 0.400. The molecule has 16 heavy (non-hydrogen) atoms. The van der Waals surface area contributed by atoms with E-state index in [0.717, 1.165) is 18.2 Å². The zero-order valence-electron chi connectivity index (χ0n) is 8.39. The maximum Gasteiger partial charge on any atom is 0.269 e. The normalized spacial score (nSPS) is 28.6. The summed E-state index contributed by atoms with van der Waals surface area (Å²) in [6.45, 7) is 0. The molecule has 5 nitrogen and oxygen atoms in total. The minimum Gasteiger partial charge on any atom is -0.393 e. The number of aliphatic hydroxyl groups excluding tert-OH is 1. The van der Waals surface area contributed by atoms with E-state index in [1.54, 1.807) is 0 Å². The average molecular weight is 226 g/mol. The molecular weight excluding hydrogens is 215 g/mol. The second-order valence-corrected chi connectivity index (χ2v) is 4.14. The fourth-order valence-corrected chi connectivity index (χ4v) is 2.01. The number of halogens is 1. The highest BCUT2D eigenvalue weighted by Gasteiger charge is 2.43. The highest BCUT2D eigenvalue weighted by molar-refractivity contribution is 5.40. The van der Waals surface area contributed by atoms with E-state index in [9.17, 15) is 19.6 Å². The summed E-state index contributed by atoms with van der Waals surface area (Å²) in [6.07, 6.45) is -0.0976. The van der Waals surface area contributed by atoms with E-state index in [-0.39, 0.29) is 24.1 Å². The number of benzene rings is 1. The number of non-ortho nitro benzene ring substituents is 1. The van der Waals surface area contributed by atoms with Gasteiger partial charge in [-0.25, -0.2) is 4.39 Å². The quantitative estimate of drug-likeness (QED) is 0.582. The van der Waals surface area contributed by atoms with Gasteiger partial charge >= 0.3 is 0 Å². The first-order valence-corrected chi connectivity index (χ1v) is 4.84. The Morgan fingerprint density at radius 1 is 1.56 bits per heavy atom. The molecule has 2 rings (SSSR count). The van der Waals surface area contributed by atoms with Gasteiger partial charge < -0.3 is 10.8 Å². The van der Waals surface area contributed by atoms with Gasteiger partial charge in [-0.05, 0) is 18.9 Å². The lowest BCUT2D eigenvalue weighted by Crippen LogP contribution is -2.52. The lowest BCUT2D eigenvalue weighted by Gasteiger charge is -2.42. The van der Waals surface area contributed by atoms with Crippen LogP contribution in [0.5, 0.6) is 0 Å². The molecule has 1 aliphatic rings. The van der Waals surface area contributed by atoms with Crippen LogP contribution in [0.4, 0.5) is 10.1 Å². The number of nitro benzene ring substituents is 1. The zero-order chi connectivity index (χ0) is 11.9. The molecule has 0 unspecified atom stereocenters. The Morgan fingerprint density at radius 2 is 2.19 bits per heavy atom. The third-order valence-corrected chi connectivity index (χ3v) is 2.90. The molecule has 1 saturated carbocycles. The molecular formula is C10H11FN2O3. The van der Waals surface area contributed by atoms with Crippen molar-refractivity contribution in [3.63, 3.8) is 0 Å². The minimum atomic E-state index is -0.977. The molecule has 0 amide bonds. The van der Waals surface area contributed by atoms with Crippen LogP contribution in [0, 0.1) is 15.9 Å². The van der Waals surface area contributed by atoms with Crippen molar-refractivity contribution in [3.8, 4) is 0 Å². The van der Waals surface area contributed by atoms with Crippen molar-refractivity contribution in [2.45, 2.75) is 24.5 Å². The number of nitro groups is 1. The molecule has 0 spiro atoms. The lowest BCUT2D eigenvalue weighted by atomic mass is 9.70. The van der Waals surface area contributed by atoms with Crippen molar-refractivity contribution in [2.24, 2.45) is 5.73 Å². The highest BCUT2D eigenvalue weighted by Crippen LogP contribution is 2.41. The van der Waals surface area contributed by atoms with E-state index in [4.69, 9.17) is 5.73 Å². The van der Waals surface area contributed by atoms with Gasteiger partial charge in [0.2, 0.25) is 0 Å². The van der Waals surface area contributed by atoms with E-state index < -0.39 is 22.4 Å². The summed E-state index contributed by atoms with van der Waals surface area (Å²) in [5.41, 5.74) is 4.80. The zero-order valence-corrected chi connectivity index (χ0v) is 8.39. The molecule has 0 aliphatic heterocycles. The molecule has 6 heteroatoms. The summed E-state index contributed by atoms with van der Waals surface area (Å²) in [7, 11) is 0. The Bertz CT molecular complexity index is 444. The van der Waals surface area contributed by atoms with E-state index in [1.165, 1.54) is 0 Å². The van der Waals surface area contributed by atoms with Crippen LogP contribution >= 0.6 is 0 Å². The smallest absolute Gasteiger partial charge is 0.269 e. The maximum absolute atomic E-state index is 13.5. The van der Waals surface area contributed by atoms with Crippen molar-refractivity contribution in [2.75, 3.05) is 0 Å². The minimum absolute atomic E-state index is 0.104. The molecule has 0 aromatic heterocycles. The van der Waals surface area contributed by atoms with Crippen LogP contribution in [-0.4, -0.2) is 16.1 Å². The first-order valence-electron chi connectivity index (χ1n) is 4.84. The molecule has 86 valence electrons. The predicted molar refractivity (Wildman–Crippen MR) is 54.2 cm³/mol. The highest BCUT2D eigenvalue weighted by atomic mass is 19.1. The Kier molecular flexibility index (Phi) is 2.40. The molecule has 3 N–H and O–H groups in total. The standard InChI is InChI=1S/C10H11FN2O3/c11-9-2-1-6(13(15)16)3-8(9)10(12)4-7(14)5-10/h1-3,7,14H,4-5,12H2. The Hall–Kier alpha value is -1.53. The van der Waals surface area contributed by atoms with Crippen molar-refractivity contribution in [1.82, 2.24) is 0 Å². The van der Waals surface area contributed by atoms with Crippen LogP contribution < -0.4 is 5.73 Å². The van der Waals surface area contributed by atoms with Crippen molar-refractivity contribution in [3.05, 3.63) is 39.7 Å². The van der Waals surface area contributed by atoms with Gasteiger partial charge in [0.25, 0.3) is 5.69 Å². The molecule has 0 heterocycles. The molecule has 0 radical (unpaired) electrons. The van der Waals surface area contributed by atoms with Gasteiger partial charge in [-0.3, -0.25) is 10.1 Å². The Morgan fingerprint density at radius 3 is 2.69 bits per heavy atom. The van der Waals surface area contributed by atoms with Crippen LogP contribution in [0.2, 0.25) is 0 Å². The molecule has 0 bridgehead atoms. The summed E-state index contributed by atoms with van der Waals surface area (Å²) < 4.78 is 13.5. The largest absolute Gasteiger partial charge is 0.393 e. The van der Waals surface area contributed by atoms with Gasteiger partial charge in [0.1, 0.15) is 5.82 Å². The van der Waals surface area contributed by atoms with Gasteiger partial charge in [0, 0.05) is 23.2 Å². The van der Waals surface area contributed by atoms with Crippen molar-refractivity contribution >= 4 is 5.69 Å². The third kappa shape index (κ3) is 1.66. The third-order valence-electron chi connectivity index (χ3n) is 2.90. The topological polar surface area (TPSA) is 89.4 Å². The summed E-state index contributed by atoms with van der Waals surface area (Å²) in [5.74, 6) is -0.569. The lowest BCUT2D eigenvalue weighted by molar-refractivity contribution is -0.385. The number of hydrogen-bond donors (Lipinski definition) is 2. The summed E-state index contributed by atoms with van der Waals surface area (Å²) in [5, 5.41) is 19.7. The number of hydrogen-bond acceptors (Lipinski definition) is 4. The van der Waals surface area contributed by atoms with Crippen LogP contribution in [0.25, 0.3) is 0 Å². The second kappa shape index (κ2) is 3.50. The summed E-state index contributed by atoms with van der Waals surface area (Å²) in [4.78, 5) is 9.96. The fourth-order valence-electron chi connectivity index (χ4n) is 2.01. The molecule has 0 saturated heterocycles. The first kappa shape index (κ1) is 11.0. The van der Waals surface area contributed by atoms with Gasteiger partial charge in [-0.15, -0.1) is 0 Å². The Balaban J connectivity index is 2.40. The van der Waals surface area contributed by atoms with Crippen molar-refractivity contribution < 1.29 is 14.4 Å². The summed E-state index contributed by atoms with van der Waals surface area (Å²) in [6, 6.07) is 3.27. The molecule has 0 atom stereocenters. The van der Waals surface area contributed by atoms with Gasteiger partial charge in [0.15, 0.2) is 0 Å². The predicted octanol–water partition coefficient (Wildman–Crippen LogP) is 1.04. The SMILES string of the molecule is NC1(c2cc([N+](=O)[O-])ccc2F)CC(O)C1. The van der Waals surface area contributed by atoms with Crippen LogP contribution in [0.3, 0.4) is 0 Å². The van der Waals surface area contributed by atoms with Crippen LogP contribution in [0.15, 0.2) is 18.2 Å². The monoisotopic (exact) mass is 226 g/mol.